The molecule has 0 amide bonds. The Morgan fingerprint density at radius 1 is 0.500 bits per heavy atom. The van der Waals surface area contributed by atoms with Gasteiger partial charge in [-0.1, -0.05) is 102 Å². The minimum Gasteiger partial charge on any atom is -0.456 e. The van der Waals surface area contributed by atoms with Crippen LogP contribution in [0.15, 0.2) is 144 Å². The van der Waals surface area contributed by atoms with E-state index in [4.69, 9.17) is 4.42 Å². The second-order valence-corrected chi connectivity index (χ2v) is 21.9. The van der Waals surface area contributed by atoms with Crippen LogP contribution in [0.1, 0.15) is 52.7 Å². The highest BCUT2D eigenvalue weighted by atomic mass is 32.1. The minimum absolute atomic E-state index is 0.00483. The van der Waals surface area contributed by atoms with Crippen molar-refractivity contribution in [2.75, 3.05) is 4.90 Å². The summed E-state index contributed by atoms with van der Waals surface area (Å²) >= 11 is 3.78. The molecule has 12 aromatic rings. The van der Waals surface area contributed by atoms with Crippen LogP contribution >= 0.6 is 22.7 Å². The fourth-order valence-corrected chi connectivity index (χ4v) is 13.3. The number of hydrogen-bond donors (Lipinski definition) is 0. The van der Waals surface area contributed by atoms with Crippen LogP contribution in [0.4, 0.5) is 17.1 Å². The number of furan rings is 1. The summed E-state index contributed by atoms with van der Waals surface area (Å²) < 4.78 is 15.0. The highest BCUT2D eigenvalue weighted by Crippen LogP contribution is 2.52. The van der Waals surface area contributed by atoms with Gasteiger partial charge in [0.05, 0.1) is 0 Å². The number of para-hydroxylation sites is 1. The average molecular weight is 833 g/mol. The van der Waals surface area contributed by atoms with Gasteiger partial charge in [-0.15, -0.1) is 22.7 Å². The van der Waals surface area contributed by atoms with Crippen molar-refractivity contribution in [1.82, 2.24) is 4.48 Å². The first kappa shape index (κ1) is 35.3. The molecule has 0 radical (unpaired) electrons. The summed E-state index contributed by atoms with van der Waals surface area (Å²) in [5.74, 6) is 0. The van der Waals surface area contributed by atoms with Crippen LogP contribution in [-0.2, 0) is 10.8 Å². The predicted molar refractivity (Wildman–Crippen MR) is 270 cm³/mol. The lowest BCUT2D eigenvalue weighted by atomic mass is 9.44. The van der Waals surface area contributed by atoms with E-state index in [2.05, 4.69) is 190 Å². The summed E-state index contributed by atoms with van der Waals surface area (Å²) in [7, 11) is 0. The monoisotopic (exact) mass is 832 g/mol. The number of nitrogens with zero attached hydrogens (tertiary/aromatic N) is 2. The van der Waals surface area contributed by atoms with E-state index in [1.807, 2.05) is 22.7 Å². The van der Waals surface area contributed by atoms with Crippen molar-refractivity contribution in [2.45, 2.75) is 52.4 Å². The SMILES string of the molecule is CC(C)(C)c1ccc2c(c1)c1cc(C(C)(C)C)cc3c1n2B1c2cc4sc5ccccc5c4cc2N(c2ccc4sc5ccccc5c4c2)c2cc4oc5ccccc5c4c-3c21. The Morgan fingerprint density at radius 2 is 1.16 bits per heavy atom. The van der Waals surface area contributed by atoms with Crippen molar-refractivity contribution in [3.8, 4) is 11.1 Å². The van der Waals surface area contributed by atoms with E-state index in [1.54, 1.807) is 0 Å². The van der Waals surface area contributed by atoms with Gasteiger partial charge >= 0.3 is 6.85 Å². The molecule has 0 bridgehead atoms. The number of aromatic nitrogens is 1. The molecule has 0 N–H and O–H groups in total. The zero-order valence-electron chi connectivity index (χ0n) is 35.5. The van der Waals surface area contributed by atoms with Crippen LogP contribution in [0.5, 0.6) is 0 Å². The van der Waals surface area contributed by atoms with Crippen LogP contribution in [-0.4, -0.2) is 11.3 Å². The molecule has 8 aromatic carbocycles. The third-order valence-electron chi connectivity index (χ3n) is 14.0. The van der Waals surface area contributed by atoms with Crippen molar-refractivity contribution in [1.29, 1.82) is 0 Å². The summed E-state index contributed by atoms with van der Waals surface area (Å²) in [5.41, 5.74) is 15.8. The van der Waals surface area contributed by atoms with Gasteiger partial charge in [0.15, 0.2) is 0 Å². The zero-order valence-corrected chi connectivity index (χ0v) is 37.1. The Morgan fingerprint density at radius 3 is 1.92 bits per heavy atom. The van der Waals surface area contributed by atoms with Crippen molar-refractivity contribution in [3.63, 3.8) is 0 Å². The molecule has 0 spiro atoms. The minimum atomic E-state index is -0.0851. The standard InChI is InChI=1S/C56H41BN2OS2/c1-55(2,3)30-19-21-42-36(23-30)39-24-31(56(4,5)6)25-40-52-51-35-15-7-10-16-45(35)60-46(51)29-44-53(52)57(59(42)54(39)40)41-28-50-38(34-14-9-12-18-48(34)62-50)27-43(41)58(44)32-20-22-49-37(26-32)33-13-8-11-17-47(33)61-49/h7-29H,1-6H3. The van der Waals surface area contributed by atoms with Crippen molar-refractivity contribution in [3.05, 3.63) is 151 Å². The molecule has 0 atom stereocenters. The fraction of sp³-hybridized carbons (Fsp3) is 0.143. The number of hydrogen-bond acceptors (Lipinski definition) is 4. The Bertz CT molecular complexity index is 3980. The van der Waals surface area contributed by atoms with Crippen molar-refractivity contribution < 1.29 is 4.42 Å². The van der Waals surface area contributed by atoms with E-state index in [1.165, 1.54) is 112 Å². The maximum atomic E-state index is 6.99. The molecular weight excluding hydrogens is 792 g/mol. The smallest absolute Gasteiger partial charge is 0.333 e. The Hall–Kier alpha value is -6.34. The third-order valence-corrected chi connectivity index (χ3v) is 16.3. The lowest BCUT2D eigenvalue weighted by Gasteiger charge is -2.41. The molecule has 6 heteroatoms. The molecule has 0 saturated carbocycles. The van der Waals surface area contributed by atoms with Gasteiger partial charge in [-0.25, -0.2) is 0 Å². The zero-order chi connectivity index (χ0) is 41.6. The topological polar surface area (TPSA) is 21.3 Å². The second kappa shape index (κ2) is 11.8. The molecule has 296 valence electrons. The van der Waals surface area contributed by atoms with Gasteiger partial charge in [0.1, 0.15) is 11.2 Å². The summed E-state index contributed by atoms with van der Waals surface area (Å²) in [4.78, 5) is 2.58. The average Bonchev–Trinajstić information content (AvgIpc) is 4.02. The van der Waals surface area contributed by atoms with Crippen LogP contribution in [0, 0.1) is 0 Å². The maximum Gasteiger partial charge on any atom is 0.333 e. The van der Waals surface area contributed by atoms with E-state index in [0.29, 0.717) is 0 Å². The largest absolute Gasteiger partial charge is 0.456 e. The van der Waals surface area contributed by atoms with Crippen molar-refractivity contribution in [2.24, 2.45) is 0 Å². The Kier molecular flexibility index (Phi) is 6.70. The summed E-state index contributed by atoms with van der Waals surface area (Å²) in [6, 6.07) is 53.3. The molecule has 0 fully saturated rings. The first-order valence-corrected chi connectivity index (χ1v) is 23.4. The van der Waals surface area contributed by atoms with E-state index < -0.39 is 0 Å². The highest BCUT2D eigenvalue weighted by molar-refractivity contribution is 7.26. The molecule has 2 aliphatic rings. The first-order chi connectivity index (χ1) is 30.0. The quantitative estimate of drug-likeness (QED) is 0.154. The molecular formula is C56H41BN2OS2. The number of fused-ring (bicyclic) bond motifs is 17. The molecule has 4 aromatic heterocycles. The van der Waals surface area contributed by atoms with E-state index in [9.17, 15) is 0 Å². The van der Waals surface area contributed by atoms with Gasteiger partial charge in [0.2, 0.25) is 0 Å². The number of benzene rings is 8. The molecule has 3 nitrogen and oxygen atoms in total. The van der Waals surface area contributed by atoms with Crippen LogP contribution in [0.3, 0.4) is 0 Å². The summed E-state index contributed by atoms with van der Waals surface area (Å²) in [6.07, 6.45) is 0. The van der Waals surface area contributed by atoms with Gasteiger partial charge in [-0.05, 0) is 111 Å². The number of rotatable bonds is 1. The highest BCUT2D eigenvalue weighted by Gasteiger charge is 2.45. The van der Waals surface area contributed by atoms with Gasteiger partial charge in [-0.3, -0.25) is 0 Å². The summed E-state index contributed by atoms with van der Waals surface area (Å²) in [6.45, 7) is 14.0. The lowest BCUT2D eigenvalue weighted by molar-refractivity contribution is 0.590. The van der Waals surface area contributed by atoms with Crippen LogP contribution in [0.25, 0.3) is 95.2 Å². The van der Waals surface area contributed by atoms with E-state index in [0.717, 1.165) is 22.2 Å². The van der Waals surface area contributed by atoms with Gasteiger partial charge in [-0.2, -0.15) is 0 Å². The van der Waals surface area contributed by atoms with Crippen molar-refractivity contribution >= 4 is 142 Å². The van der Waals surface area contributed by atoms with Gasteiger partial charge in [0.25, 0.3) is 0 Å². The van der Waals surface area contributed by atoms with Crippen LogP contribution < -0.4 is 15.8 Å². The van der Waals surface area contributed by atoms with E-state index >= 15 is 0 Å². The van der Waals surface area contributed by atoms with Crippen LogP contribution in [0.2, 0.25) is 0 Å². The summed E-state index contributed by atoms with van der Waals surface area (Å²) in [5, 5.41) is 10.2. The molecule has 0 saturated heterocycles. The Balaban J connectivity index is 1.21. The molecule has 6 heterocycles. The maximum absolute atomic E-state index is 6.99. The third kappa shape index (κ3) is 4.56. The molecule has 2 aliphatic heterocycles. The van der Waals surface area contributed by atoms with Gasteiger partial charge in [0, 0.05) is 102 Å². The lowest BCUT2D eigenvalue weighted by Crippen LogP contribution is -2.56. The van der Waals surface area contributed by atoms with E-state index in [-0.39, 0.29) is 17.7 Å². The Labute approximate surface area is 367 Å². The molecule has 14 rings (SSSR count). The number of anilines is 3. The normalized spacial score (nSPS) is 13.9. The number of thiophene rings is 2. The van der Waals surface area contributed by atoms with Gasteiger partial charge < -0.3 is 13.8 Å². The fourth-order valence-electron chi connectivity index (χ4n) is 11.0. The molecule has 62 heavy (non-hydrogen) atoms. The molecule has 0 unspecified atom stereocenters. The second-order valence-electron chi connectivity index (χ2n) is 19.7. The predicted octanol–water partition coefficient (Wildman–Crippen LogP) is 15.4. The first-order valence-electron chi connectivity index (χ1n) is 21.8. The molecule has 0 aliphatic carbocycles.